The van der Waals surface area contributed by atoms with E-state index in [1.54, 1.807) is 12.1 Å². The van der Waals surface area contributed by atoms with E-state index in [-0.39, 0.29) is 5.41 Å². The van der Waals surface area contributed by atoms with Crippen molar-refractivity contribution in [3.05, 3.63) is 71.3 Å². The van der Waals surface area contributed by atoms with Gasteiger partial charge in [-0.05, 0) is 41.5 Å². The summed E-state index contributed by atoms with van der Waals surface area (Å²) < 4.78 is 37.6. The minimum Gasteiger partial charge on any atom is -0.166 e. The van der Waals surface area contributed by atoms with Crippen LogP contribution in [0.4, 0.5) is 13.2 Å². The van der Waals surface area contributed by atoms with Crippen LogP contribution in [-0.2, 0) is 19.0 Å². The van der Waals surface area contributed by atoms with Gasteiger partial charge in [-0.3, -0.25) is 0 Å². The molecule has 112 valence electrons. The zero-order chi connectivity index (χ0) is 15.5. The van der Waals surface area contributed by atoms with Gasteiger partial charge in [0.05, 0.1) is 5.56 Å². The maximum absolute atomic E-state index is 12.5. The van der Waals surface area contributed by atoms with Gasteiger partial charge in [-0.2, -0.15) is 13.2 Å². The first kappa shape index (κ1) is 15.6. The van der Waals surface area contributed by atoms with Crippen LogP contribution in [-0.4, -0.2) is 0 Å². The first-order valence-electron chi connectivity index (χ1n) is 6.96. The van der Waals surface area contributed by atoms with Gasteiger partial charge in [0, 0.05) is 0 Å². The van der Waals surface area contributed by atoms with Crippen LogP contribution in [0.3, 0.4) is 0 Å². The van der Waals surface area contributed by atoms with Crippen molar-refractivity contribution >= 4 is 0 Å². The Labute approximate surface area is 123 Å². The molecule has 0 N–H and O–H groups in total. The topological polar surface area (TPSA) is 0 Å². The summed E-state index contributed by atoms with van der Waals surface area (Å²) >= 11 is 0. The summed E-state index contributed by atoms with van der Waals surface area (Å²) in [4.78, 5) is 0. The van der Waals surface area contributed by atoms with Crippen molar-refractivity contribution in [3.63, 3.8) is 0 Å². The van der Waals surface area contributed by atoms with Crippen molar-refractivity contribution < 1.29 is 13.2 Å². The molecule has 0 atom stereocenters. The van der Waals surface area contributed by atoms with Gasteiger partial charge in [-0.25, -0.2) is 0 Å². The quantitative estimate of drug-likeness (QED) is 0.696. The lowest BCUT2D eigenvalue weighted by Gasteiger charge is -2.25. The number of alkyl halides is 3. The van der Waals surface area contributed by atoms with Gasteiger partial charge >= 0.3 is 6.18 Å². The summed E-state index contributed by atoms with van der Waals surface area (Å²) in [7, 11) is 0. The summed E-state index contributed by atoms with van der Waals surface area (Å²) in [5, 5.41) is 0. The molecule has 0 unspecified atom stereocenters. The molecule has 0 nitrogen and oxygen atoms in total. The van der Waals surface area contributed by atoms with Gasteiger partial charge in [-0.1, -0.05) is 56.3 Å². The maximum Gasteiger partial charge on any atom is 0.416 e. The van der Waals surface area contributed by atoms with Crippen molar-refractivity contribution in [1.82, 2.24) is 0 Å². The van der Waals surface area contributed by atoms with E-state index >= 15 is 0 Å². The fourth-order valence-corrected chi connectivity index (χ4v) is 2.58. The highest BCUT2D eigenvalue weighted by Crippen LogP contribution is 2.31. The Morgan fingerprint density at radius 3 is 1.67 bits per heavy atom. The Balaban J connectivity index is 2.06. The third-order valence-corrected chi connectivity index (χ3v) is 3.49. The molecule has 0 aromatic heterocycles. The molecule has 0 saturated carbocycles. The van der Waals surface area contributed by atoms with E-state index in [2.05, 4.69) is 26.0 Å². The molecule has 0 amide bonds. The summed E-state index contributed by atoms with van der Waals surface area (Å²) in [6.45, 7) is 4.27. The number of hydrogen-bond donors (Lipinski definition) is 0. The maximum atomic E-state index is 12.5. The summed E-state index contributed by atoms with van der Waals surface area (Å²) in [6, 6.07) is 15.6. The van der Waals surface area contributed by atoms with Gasteiger partial charge < -0.3 is 0 Å². The Bertz CT molecular complexity index is 566. The lowest BCUT2D eigenvalue weighted by molar-refractivity contribution is -0.137. The molecule has 2 aromatic carbocycles. The molecule has 0 aliphatic heterocycles. The van der Waals surface area contributed by atoms with Crippen LogP contribution < -0.4 is 0 Å². The van der Waals surface area contributed by atoms with E-state index in [0.29, 0.717) is 0 Å². The van der Waals surface area contributed by atoms with E-state index in [0.717, 1.165) is 30.5 Å². The number of rotatable bonds is 4. The summed E-state index contributed by atoms with van der Waals surface area (Å²) in [5.74, 6) is 0. The monoisotopic (exact) mass is 292 g/mol. The summed E-state index contributed by atoms with van der Waals surface area (Å²) in [5.41, 5.74) is 1.59. The number of benzene rings is 2. The summed E-state index contributed by atoms with van der Waals surface area (Å²) in [6.07, 6.45) is -2.62. The van der Waals surface area contributed by atoms with Gasteiger partial charge in [0.2, 0.25) is 0 Å². The van der Waals surface area contributed by atoms with Crippen molar-refractivity contribution in [2.75, 3.05) is 0 Å². The van der Waals surface area contributed by atoms with Crippen LogP contribution in [0, 0.1) is 5.41 Å². The van der Waals surface area contributed by atoms with Crippen molar-refractivity contribution in [2.24, 2.45) is 5.41 Å². The second-order valence-corrected chi connectivity index (χ2v) is 6.20. The molecule has 3 heteroatoms. The van der Waals surface area contributed by atoms with Gasteiger partial charge in [0.1, 0.15) is 0 Å². The van der Waals surface area contributed by atoms with Crippen molar-refractivity contribution in [3.8, 4) is 0 Å². The molecule has 0 saturated heterocycles. The molecule has 0 spiro atoms. The minimum atomic E-state index is -4.27. The SMILES string of the molecule is CC(C)(Cc1ccccc1)Cc1ccc(C(F)(F)F)cc1. The van der Waals surface area contributed by atoms with E-state index in [4.69, 9.17) is 0 Å². The van der Waals surface area contributed by atoms with Gasteiger partial charge in [0.15, 0.2) is 0 Å². The first-order chi connectivity index (χ1) is 9.76. The molecule has 2 aromatic rings. The standard InChI is InChI=1S/C18H19F3/c1-17(2,12-14-6-4-3-5-7-14)13-15-8-10-16(11-9-15)18(19,20)21/h3-11H,12-13H2,1-2H3. The highest BCUT2D eigenvalue weighted by Gasteiger charge is 2.30. The molecule has 21 heavy (non-hydrogen) atoms. The Morgan fingerprint density at radius 1 is 0.714 bits per heavy atom. The van der Waals surface area contributed by atoms with Crippen LogP contribution in [0.1, 0.15) is 30.5 Å². The number of halogens is 3. The highest BCUT2D eigenvalue weighted by atomic mass is 19.4. The lowest BCUT2D eigenvalue weighted by Crippen LogP contribution is -2.18. The molecule has 2 rings (SSSR count). The third kappa shape index (κ3) is 4.62. The second kappa shape index (κ2) is 5.92. The van der Waals surface area contributed by atoms with E-state index in [9.17, 15) is 13.2 Å². The normalized spacial score (nSPS) is 12.4. The third-order valence-electron chi connectivity index (χ3n) is 3.49. The van der Waals surface area contributed by atoms with Crippen LogP contribution in [0.15, 0.2) is 54.6 Å². The van der Waals surface area contributed by atoms with E-state index < -0.39 is 11.7 Å². The zero-order valence-electron chi connectivity index (χ0n) is 12.2. The molecule has 0 bridgehead atoms. The molecule has 0 aliphatic rings. The van der Waals surface area contributed by atoms with Crippen molar-refractivity contribution in [2.45, 2.75) is 32.9 Å². The van der Waals surface area contributed by atoms with E-state index in [1.165, 1.54) is 5.56 Å². The Hall–Kier alpha value is -1.77. The fraction of sp³-hybridized carbons (Fsp3) is 0.333. The Morgan fingerprint density at radius 2 is 1.19 bits per heavy atom. The molecule has 0 heterocycles. The predicted octanol–water partition coefficient (Wildman–Crippen LogP) is 5.52. The number of hydrogen-bond acceptors (Lipinski definition) is 0. The highest BCUT2D eigenvalue weighted by molar-refractivity contribution is 5.26. The molecular formula is C18H19F3. The zero-order valence-corrected chi connectivity index (χ0v) is 12.2. The first-order valence-corrected chi connectivity index (χ1v) is 6.96. The smallest absolute Gasteiger partial charge is 0.166 e. The average molecular weight is 292 g/mol. The van der Waals surface area contributed by atoms with Crippen molar-refractivity contribution in [1.29, 1.82) is 0 Å². The Kier molecular flexibility index (Phi) is 4.40. The van der Waals surface area contributed by atoms with Crippen LogP contribution in [0.2, 0.25) is 0 Å². The fourth-order valence-electron chi connectivity index (χ4n) is 2.58. The van der Waals surface area contributed by atoms with Crippen LogP contribution in [0.25, 0.3) is 0 Å². The predicted molar refractivity (Wildman–Crippen MR) is 79.1 cm³/mol. The molecule has 0 radical (unpaired) electrons. The molecule has 0 aliphatic carbocycles. The largest absolute Gasteiger partial charge is 0.416 e. The average Bonchev–Trinajstić information content (AvgIpc) is 2.38. The molecule has 0 fully saturated rings. The minimum absolute atomic E-state index is 0.00109. The second-order valence-electron chi connectivity index (χ2n) is 6.20. The molecular weight excluding hydrogens is 273 g/mol. The van der Waals surface area contributed by atoms with E-state index in [1.807, 2.05) is 18.2 Å². The van der Waals surface area contributed by atoms with Crippen LogP contribution in [0.5, 0.6) is 0 Å². The van der Waals surface area contributed by atoms with Gasteiger partial charge in [0.25, 0.3) is 0 Å². The lowest BCUT2D eigenvalue weighted by atomic mass is 9.80. The van der Waals surface area contributed by atoms with Gasteiger partial charge in [-0.15, -0.1) is 0 Å². The van der Waals surface area contributed by atoms with Crippen LogP contribution >= 0.6 is 0 Å².